The van der Waals surface area contributed by atoms with E-state index < -0.39 is 6.10 Å². The van der Waals surface area contributed by atoms with Gasteiger partial charge in [0.2, 0.25) is 0 Å². The zero-order chi connectivity index (χ0) is 47.9. The first kappa shape index (κ1) is 63.1. The maximum atomic E-state index is 12.8. The molecule has 0 aromatic rings. The highest BCUT2D eigenvalue weighted by Gasteiger charge is 2.19. The molecule has 0 rings (SSSR count). The highest BCUT2D eigenvalue weighted by Crippen LogP contribution is 2.16. The third-order valence-electron chi connectivity index (χ3n) is 12.3. The predicted octanol–water partition coefficient (Wildman–Crippen LogP) is 18.8. The van der Waals surface area contributed by atoms with Crippen molar-refractivity contribution in [3.05, 3.63) is 60.8 Å². The summed E-state index contributed by atoms with van der Waals surface area (Å²) in [6.45, 7) is 6.51. The van der Waals surface area contributed by atoms with Gasteiger partial charge in [-0.25, -0.2) is 0 Å². The molecular formula is C60H106O6. The number of unbranched alkanes of at least 4 members (excludes halogenated alkanes) is 30. The van der Waals surface area contributed by atoms with Crippen molar-refractivity contribution in [3.8, 4) is 0 Å². The van der Waals surface area contributed by atoms with Crippen LogP contribution >= 0.6 is 0 Å². The molecule has 0 radical (unpaired) electrons. The standard InChI is InChI=1S/C60H106O6/c1-4-7-10-13-16-19-22-25-28-30-33-35-38-41-44-47-50-53-59(62)65-56-57(55-64-58(61)52-49-46-43-40-37-34-31-27-24-21-18-15-12-9-6-3)66-60(63)54-51-48-45-42-39-36-32-29-26-23-20-17-14-11-8-5-2/h7,10,16,19,25,28,33,35,41,44,57H,4-6,8-9,11-15,17-18,20-24,26-27,29-32,34,36-40,42-43,45-56H2,1-3H3/b10-7+,19-16+,28-25+,35-33+,44-41+/t57-/m1/s1. The molecular weight excluding hydrogens is 817 g/mol. The van der Waals surface area contributed by atoms with Gasteiger partial charge >= 0.3 is 17.9 Å². The van der Waals surface area contributed by atoms with Crippen molar-refractivity contribution in [2.24, 2.45) is 0 Å². The number of rotatable bonds is 51. The largest absolute Gasteiger partial charge is 0.462 e. The maximum absolute atomic E-state index is 12.8. The summed E-state index contributed by atoms with van der Waals surface area (Å²) in [5, 5.41) is 0. The first-order valence-electron chi connectivity index (χ1n) is 28.3. The van der Waals surface area contributed by atoms with Crippen LogP contribution in [-0.2, 0) is 28.6 Å². The van der Waals surface area contributed by atoms with Gasteiger partial charge in [0.25, 0.3) is 0 Å². The first-order chi connectivity index (χ1) is 32.5. The third kappa shape index (κ3) is 52.1. The fourth-order valence-corrected chi connectivity index (χ4v) is 8.07. The lowest BCUT2D eigenvalue weighted by molar-refractivity contribution is -0.167. The molecule has 0 aromatic heterocycles. The van der Waals surface area contributed by atoms with Gasteiger partial charge in [-0.2, -0.15) is 0 Å². The Hall–Kier alpha value is -2.89. The predicted molar refractivity (Wildman–Crippen MR) is 284 cm³/mol. The number of hydrogen-bond donors (Lipinski definition) is 0. The van der Waals surface area contributed by atoms with Crippen LogP contribution in [-0.4, -0.2) is 37.2 Å². The first-order valence-corrected chi connectivity index (χ1v) is 28.3. The summed E-state index contributed by atoms with van der Waals surface area (Å²) in [6.07, 6.45) is 67.8. The number of esters is 3. The normalized spacial score (nSPS) is 12.5. The van der Waals surface area contributed by atoms with E-state index in [1.54, 1.807) is 0 Å². The molecule has 0 unspecified atom stereocenters. The molecule has 0 spiro atoms. The van der Waals surface area contributed by atoms with Crippen LogP contribution in [0.2, 0.25) is 0 Å². The Bertz CT molecular complexity index is 1200. The van der Waals surface area contributed by atoms with Crippen molar-refractivity contribution >= 4 is 17.9 Å². The van der Waals surface area contributed by atoms with Crippen LogP contribution in [0.1, 0.15) is 284 Å². The monoisotopic (exact) mass is 923 g/mol. The molecule has 0 amide bonds. The van der Waals surface area contributed by atoms with Crippen LogP contribution in [0.3, 0.4) is 0 Å². The molecule has 66 heavy (non-hydrogen) atoms. The van der Waals surface area contributed by atoms with Crippen molar-refractivity contribution in [2.45, 2.75) is 290 Å². The van der Waals surface area contributed by atoms with E-state index in [2.05, 4.69) is 81.5 Å². The second-order valence-corrected chi connectivity index (χ2v) is 18.8. The fraction of sp³-hybridized carbons (Fsp3) is 0.783. The minimum atomic E-state index is -0.793. The second-order valence-electron chi connectivity index (χ2n) is 18.8. The van der Waals surface area contributed by atoms with E-state index in [-0.39, 0.29) is 37.5 Å². The fourth-order valence-electron chi connectivity index (χ4n) is 8.07. The molecule has 6 nitrogen and oxygen atoms in total. The van der Waals surface area contributed by atoms with Gasteiger partial charge < -0.3 is 14.2 Å². The number of ether oxygens (including phenoxy) is 3. The molecule has 6 heteroatoms. The van der Waals surface area contributed by atoms with Gasteiger partial charge in [-0.3, -0.25) is 14.4 Å². The summed E-state index contributed by atoms with van der Waals surface area (Å²) in [4.78, 5) is 38.1. The summed E-state index contributed by atoms with van der Waals surface area (Å²) >= 11 is 0. The highest BCUT2D eigenvalue weighted by molar-refractivity contribution is 5.71. The minimum Gasteiger partial charge on any atom is -0.462 e. The summed E-state index contributed by atoms with van der Waals surface area (Å²) in [5.41, 5.74) is 0. The molecule has 0 aliphatic rings. The Morgan fingerprint density at radius 2 is 0.591 bits per heavy atom. The van der Waals surface area contributed by atoms with E-state index in [1.807, 2.05) is 0 Å². The smallest absolute Gasteiger partial charge is 0.306 e. The molecule has 0 aromatic carbocycles. The number of allylic oxidation sites excluding steroid dienone is 10. The van der Waals surface area contributed by atoms with Gasteiger partial charge in [-0.15, -0.1) is 0 Å². The summed E-state index contributed by atoms with van der Waals surface area (Å²) in [7, 11) is 0. The van der Waals surface area contributed by atoms with Gasteiger partial charge in [0, 0.05) is 19.3 Å². The van der Waals surface area contributed by atoms with Gasteiger partial charge in [0.1, 0.15) is 13.2 Å². The third-order valence-corrected chi connectivity index (χ3v) is 12.3. The van der Waals surface area contributed by atoms with Crippen molar-refractivity contribution in [1.29, 1.82) is 0 Å². The van der Waals surface area contributed by atoms with Crippen LogP contribution in [0, 0.1) is 0 Å². The second kappa shape index (κ2) is 54.7. The van der Waals surface area contributed by atoms with Crippen LogP contribution in [0.5, 0.6) is 0 Å². The minimum absolute atomic E-state index is 0.0877. The van der Waals surface area contributed by atoms with Crippen molar-refractivity contribution in [3.63, 3.8) is 0 Å². The Kier molecular flexibility index (Phi) is 52.3. The Balaban J connectivity index is 4.43. The van der Waals surface area contributed by atoms with Crippen LogP contribution in [0.15, 0.2) is 60.8 Å². The highest BCUT2D eigenvalue weighted by atomic mass is 16.6. The summed E-state index contributed by atoms with van der Waals surface area (Å²) in [5.74, 6) is -0.935. The Labute approximate surface area is 409 Å². The zero-order valence-electron chi connectivity index (χ0n) is 43.7. The van der Waals surface area contributed by atoms with E-state index in [0.29, 0.717) is 19.3 Å². The van der Waals surface area contributed by atoms with E-state index in [9.17, 15) is 14.4 Å². The molecule has 0 fully saturated rings. The molecule has 0 aliphatic carbocycles. The van der Waals surface area contributed by atoms with Crippen molar-refractivity contribution < 1.29 is 28.6 Å². The van der Waals surface area contributed by atoms with Crippen LogP contribution < -0.4 is 0 Å². The number of carbonyl (C=O) groups is 3. The van der Waals surface area contributed by atoms with Crippen LogP contribution in [0.25, 0.3) is 0 Å². The molecule has 0 heterocycles. The number of carbonyl (C=O) groups excluding carboxylic acids is 3. The number of hydrogen-bond acceptors (Lipinski definition) is 6. The average molecular weight is 924 g/mol. The van der Waals surface area contributed by atoms with Gasteiger partial charge in [-0.1, -0.05) is 268 Å². The Morgan fingerprint density at radius 3 is 0.924 bits per heavy atom. The molecule has 1 atom stereocenters. The molecule has 0 saturated carbocycles. The molecule has 0 bridgehead atoms. The van der Waals surface area contributed by atoms with Gasteiger partial charge in [0.15, 0.2) is 6.10 Å². The molecule has 0 saturated heterocycles. The van der Waals surface area contributed by atoms with Gasteiger partial charge in [0.05, 0.1) is 0 Å². The maximum Gasteiger partial charge on any atom is 0.306 e. The van der Waals surface area contributed by atoms with Crippen molar-refractivity contribution in [2.75, 3.05) is 13.2 Å². The van der Waals surface area contributed by atoms with E-state index in [4.69, 9.17) is 14.2 Å². The van der Waals surface area contributed by atoms with E-state index in [0.717, 1.165) is 77.0 Å². The van der Waals surface area contributed by atoms with Gasteiger partial charge in [-0.05, 0) is 57.8 Å². The van der Waals surface area contributed by atoms with E-state index >= 15 is 0 Å². The lowest BCUT2D eigenvalue weighted by Crippen LogP contribution is -2.30. The molecule has 0 aliphatic heterocycles. The van der Waals surface area contributed by atoms with Crippen LogP contribution in [0.4, 0.5) is 0 Å². The van der Waals surface area contributed by atoms with E-state index in [1.165, 1.54) is 161 Å². The Morgan fingerprint density at radius 1 is 0.318 bits per heavy atom. The zero-order valence-corrected chi connectivity index (χ0v) is 43.7. The lowest BCUT2D eigenvalue weighted by Gasteiger charge is -2.18. The quantitative estimate of drug-likeness (QED) is 0.0262. The summed E-state index contributed by atoms with van der Waals surface area (Å²) in [6, 6.07) is 0. The van der Waals surface area contributed by atoms with Crippen molar-refractivity contribution in [1.82, 2.24) is 0 Å². The molecule has 382 valence electrons. The summed E-state index contributed by atoms with van der Waals surface area (Å²) < 4.78 is 16.8. The SMILES string of the molecule is CC/C=C/C/C=C/C/C=C/C/C=C/C/C=C/CCCC(=O)OC[C@@H](COC(=O)CCCCCCCCCCCCCCCCC)OC(=O)CCCCCCCCCCCCCCCCCC. The lowest BCUT2D eigenvalue weighted by atomic mass is 10.0. The average Bonchev–Trinajstić information content (AvgIpc) is 3.31. The topological polar surface area (TPSA) is 78.9 Å². The molecule has 0 N–H and O–H groups in total.